The Morgan fingerprint density at radius 1 is 0.952 bits per heavy atom. The fourth-order valence-corrected chi connectivity index (χ4v) is 3.28. The summed E-state index contributed by atoms with van der Waals surface area (Å²) in [4.78, 5) is 4.50. The topological polar surface area (TPSA) is 17.8 Å². The van der Waals surface area contributed by atoms with Gasteiger partial charge in [-0.05, 0) is 25.5 Å². The zero-order chi connectivity index (χ0) is 14.7. The van der Waals surface area contributed by atoms with E-state index >= 15 is 0 Å². The molecule has 0 aliphatic heterocycles. The van der Waals surface area contributed by atoms with Crippen molar-refractivity contribution in [3.05, 3.63) is 42.2 Å². The van der Waals surface area contributed by atoms with Crippen LogP contribution in [0.3, 0.4) is 0 Å². The summed E-state index contributed by atoms with van der Waals surface area (Å²) >= 11 is 0. The number of unbranched alkanes of at least 4 members (excludes halogenated alkanes) is 4. The van der Waals surface area contributed by atoms with Crippen LogP contribution >= 0.6 is 0 Å². The van der Waals surface area contributed by atoms with Gasteiger partial charge in [0.1, 0.15) is 0 Å². The fraction of sp³-hybridized carbons (Fsp3) is 0.421. The van der Waals surface area contributed by atoms with E-state index < -0.39 is 0 Å². The number of aryl methyl sites for hydroxylation is 2. The second kappa shape index (κ2) is 6.30. The monoisotopic (exact) mass is 280 g/mol. The van der Waals surface area contributed by atoms with E-state index in [0.29, 0.717) is 0 Å². The minimum absolute atomic E-state index is 1.10. The van der Waals surface area contributed by atoms with Crippen molar-refractivity contribution in [2.45, 2.75) is 52.5 Å². The molecule has 0 radical (unpaired) electrons. The van der Waals surface area contributed by atoms with Crippen LogP contribution in [-0.4, -0.2) is 9.55 Å². The van der Waals surface area contributed by atoms with Gasteiger partial charge in [0, 0.05) is 29.0 Å². The third kappa shape index (κ3) is 2.67. The van der Waals surface area contributed by atoms with Gasteiger partial charge in [-0.3, -0.25) is 4.98 Å². The molecule has 0 atom stereocenters. The van der Waals surface area contributed by atoms with Gasteiger partial charge in [-0.1, -0.05) is 50.8 Å². The predicted octanol–water partition coefficient (Wildman–Crippen LogP) is 5.47. The first kappa shape index (κ1) is 14.1. The number of hydrogen-bond acceptors (Lipinski definition) is 1. The first-order valence-electron chi connectivity index (χ1n) is 8.15. The smallest absolute Gasteiger partial charge is 0.0707 e. The van der Waals surface area contributed by atoms with Crippen LogP contribution in [0, 0.1) is 6.92 Å². The van der Waals surface area contributed by atoms with Crippen LogP contribution in [0.25, 0.3) is 21.8 Å². The van der Waals surface area contributed by atoms with Crippen LogP contribution in [0.2, 0.25) is 0 Å². The third-order valence-corrected chi connectivity index (χ3v) is 4.35. The van der Waals surface area contributed by atoms with Crippen molar-refractivity contribution < 1.29 is 0 Å². The molecule has 0 saturated heterocycles. The molecule has 0 fully saturated rings. The van der Waals surface area contributed by atoms with Crippen molar-refractivity contribution in [2.75, 3.05) is 0 Å². The molecule has 2 aromatic heterocycles. The fourth-order valence-electron chi connectivity index (χ4n) is 3.28. The number of fused-ring (bicyclic) bond motifs is 3. The molecular weight excluding hydrogens is 256 g/mol. The zero-order valence-electron chi connectivity index (χ0n) is 13.1. The summed E-state index contributed by atoms with van der Waals surface area (Å²) in [5, 5.41) is 2.69. The van der Waals surface area contributed by atoms with Gasteiger partial charge in [-0.25, -0.2) is 0 Å². The highest BCUT2D eigenvalue weighted by Gasteiger charge is 2.11. The SMILES string of the molecule is CCCCCCCn1c2ccccc2c2ccnc(C)c21. The standard InChI is InChI=1S/C19H24N2/c1-3-4-5-6-9-14-21-18-11-8-7-10-16(18)17-12-13-20-15(2)19(17)21/h7-8,10-13H,3-6,9,14H2,1-2H3. The number of pyridine rings is 1. The first-order chi connectivity index (χ1) is 10.3. The van der Waals surface area contributed by atoms with Gasteiger partial charge >= 0.3 is 0 Å². The summed E-state index contributed by atoms with van der Waals surface area (Å²) < 4.78 is 2.47. The lowest BCUT2D eigenvalue weighted by atomic mass is 10.1. The van der Waals surface area contributed by atoms with Crippen molar-refractivity contribution in [3.8, 4) is 0 Å². The Morgan fingerprint density at radius 3 is 2.62 bits per heavy atom. The van der Waals surface area contributed by atoms with Gasteiger partial charge in [0.25, 0.3) is 0 Å². The van der Waals surface area contributed by atoms with E-state index in [9.17, 15) is 0 Å². The highest BCUT2D eigenvalue weighted by Crippen LogP contribution is 2.30. The number of nitrogens with zero attached hydrogens (tertiary/aromatic N) is 2. The van der Waals surface area contributed by atoms with E-state index in [1.54, 1.807) is 0 Å². The Hall–Kier alpha value is -1.83. The molecule has 21 heavy (non-hydrogen) atoms. The number of aromatic nitrogens is 2. The van der Waals surface area contributed by atoms with Crippen molar-refractivity contribution in [3.63, 3.8) is 0 Å². The Morgan fingerprint density at radius 2 is 1.76 bits per heavy atom. The second-order valence-corrected chi connectivity index (χ2v) is 5.88. The summed E-state index contributed by atoms with van der Waals surface area (Å²) in [5.74, 6) is 0. The molecule has 3 aromatic rings. The molecule has 110 valence electrons. The lowest BCUT2D eigenvalue weighted by Gasteiger charge is -2.08. The Bertz CT molecular complexity index is 740. The molecular formula is C19H24N2. The van der Waals surface area contributed by atoms with E-state index in [-0.39, 0.29) is 0 Å². The largest absolute Gasteiger partial charge is 0.339 e. The average molecular weight is 280 g/mol. The van der Waals surface area contributed by atoms with Crippen molar-refractivity contribution in [1.29, 1.82) is 0 Å². The summed E-state index contributed by atoms with van der Waals surface area (Å²) in [6.45, 7) is 5.48. The van der Waals surface area contributed by atoms with E-state index in [4.69, 9.17) is 0 Å². The maximum atomic E-state index is 4.50. The molecule has 0 aliphatic carbocycles. The number of hydrogen-bond donors (Lipinski definition) is 0. The summed E-state index contributed by atoms with van der Waals surface area (Å²) in [6, 6.07) is 10.9. The summed E-state index contributed by atoms with van der Waals surface area (Å²) in [5.41, 5.74) is 3.80. The van der Waals surface area contributed by atoms with Crippen LogP contribution < -0.4 is 0 Å². The normalized spacial score (nSPS) is 11.5. The molecule has 0 unspecified atom stereocenters. The van der Waals surface area contributed by atoms with E-state index in [1.165, 1.54) is 53.9 Å². The number of benzene rings is 1. The molecule has 0 amide bonds. The zero-order valence-corrected chi connectivity index (χ0v) is 13.1. The van der Waals surface area contributed by atoms with Gasteiger partial charge in [-0.15, -0.1) is 0 Å². The highest BCUT2D eigenvalue weighted by atomic mass is 15.0. The Labute approximate surface area is 126 Å². The first-order valence-corrected chi connectivity index (χ1v) is 8.15. The molecule has 0 aliphatic rings. The highest BCUT2D eigenvalue weighted by molar-refractivity contribution is 6.08. The van der Waals surface area contributed by atoms with Crippen LogP contribution in [0.5, 0.6) is 0 Å². The van der Waals surface area contributed by atoms with Crippen molar-refractivity contribution in [1.82, 2.24) is 9.55 Å². The molecule has 0 N–H and O–H groups in total. The van der Waals surface area contributed by atoms with Gasteiger partial charge < -0.3 is 4.57 Å². The molecule has 2 heteroatoms. The average Bonchev–Trinajstić information content (AvgIpc) is 2.83. The summed E-state index contributed by atoms with van der Waals surface area (Å²) in [7, 11) is 0. The molecule has 0 bridgehead atoms. The molecule has 2 heterocycles. The van der Waals surface area contributed by atoms with Gasteiger partial charge in [0.2, 0.25) is 0 Å². The van der Waals surface area contributed by atoms with Gasteiger partial charge in [-0.2, -0.15) is 0 Å². The van der Waals surface area contributed by atoms with E-state index in [0.717, 1.165) is 12.2 Å². The molecule has 0 saturated carbocycles. The van der Waals surface area contributed by atoms with E-state index in [1.807, 2.05) is 6.20 Å². The van der Waals surface area contributed by atoms with Crippen LogP contribution in [0.4, 0.5) is 0 Å². The van der Waals surface area contributed by atoms with E-state index in [2.05, 4.69) is 53.7 Å². The Balaban J connectivity index is 1.98. The quantitative estimate of drug-likeness (QED) is 0.547. The minimum atomic E-state index is 1.10. The number of para-hydroxylation sites is 1. The van der Waals surface area contributed by atoms with Crippen molar-refractivity contribution >= 4 is 21.8 Å². The van der Waals surface area contributed by atoms with Crippen LogP contribution in [-0.2, 0) is 6.54 Å². The van der Waals surface area contributed by atoms with Crippen LogP contribution in [0.15, 0.2) is 36.5 Å². The maximum absolute atomic E-state index is 4.50. The Kier molecular flexibility index (Phi) is 4.23. The molecule has 3 rings (SSSR count). The minimum Gasteiger partial charge on any atom is -0.339 e. The second-order valence-electron chi connectivity index (χ2n) is 5.88. The number of rotatable bonds is 6. The van der Waals surface area contributed by atoms with Gasteiger partial charge in [0.05, 0.1) is 11.2 Å². The maximum Gasteiger partial charge on any atom is 0.0707 e. The summed E-state index contributed by atoms with van der Waals surface area (Å²) in [6.07, 6.45) is 8.51. The van der Waals surface area contributed by atoms with Crippen molar-refractivity contribution in [2.24, 2.45) is 0 Å². The lowest BCUT2D eigenvalue weighted by molar-refractivity contribution is 0.584. The lowest BCUT2D eigenvalue weighted by Crippen LogP contribution is -1.99. The molecule has 0 spiro atoms. The van der Waals surface area contributed by atoms with Crippen LogP contribution in [0.1, 0.15) is 44.7 Å². The predicted molar refractivity (Wildman–Crippen MR) is 90.7 cm³/mol. The third-order valence-electron chi connectivity index (χ3n) is 4.35. The van der Waals surface area contributed by atoms with Gasteiger partial charge in [0.15, 0.2) is 0 Å². The molecule has 2 nitrogen and oxygen atoms in total. The molecule has 1 aromatic carbocycles.